The SMILES string of the molecule is COc1ncnc(OC)c1C(=O)NCN(C)C. The number of carbonyl (C=O) groups excluding carboxylic acids is 1. The lowest BCUT2D eigenvalue weighted by molar-refractivity contribution is 0.0927. The van der Waals surface area contributed by atoms with Crippen molar-refractivity contribution in [2.24, 2.45) is 0 Å². The first-order valence-corrected chi connectivity index (χ1v) is 4.96. The highest BCUT2D eigenvalue weighted by Gasteiger charge is 2.20. The standard InChI is InChI=1S/C10H16N4O3/c1-14(2)6-13-8(15)7-9(16-3)11-5-12-10(7)17-4/h5H,6H2,1-4H3,(H,13,15). The molecule has 1 amide bonds. The van der Waals surface area contributed by atoms with Gasteiger partial charge in [0.05, 0.1) is 20.9 Å². The van der Waals surface area contributed by atoms with Crippen molar-refractivity contribution >= 4 is 5.91 Å². The Kier molecular flexibility index (Phi) is 4.65. The number of nitrogens with one attached hydrogen (secondary N) is 1. The summed E-state index contributed by atoms with van der Waals surface area (Å²) in [5.41, 5.74) is 0.194. The molecule has 0 radical (unpaired) electrons. The lowest BCUT2D eigenvalue weighted by Crippen LogP contribution is -2.33. The van der Waals surface area contributed by atoms with E-state index in [1.807, 2.05) is 19.0 Å². The molecule has 0 unspecified atom stereocenters. The Bertz CT molecular complexity index is 373. The van der Waals surface area contributed by atoms with Gasteiger partial charge in [-0.25, -0.2) is 9.97 Å². The van der Waals surface area contributed by atoms with Crippen molar-refractivity contribution in [3.8, 4) is 11.8 Å². The van der Waals surface area contributed by atoms with Crippen molar-refractivity contribution in [2.45, 2.75) is 0 Å². The van der Waals surface area contributed by atoms with Crippen molar-refractivity contribution in [3.05, 3.63) is 11.9 Å². The summed E-state index contributed by atoms with van der Waals surface area (Å²) in [6.07, 6.45) is 1.28. The van der Waals surface area contributed by atoms with Crippen LogP contribution in [0.15, 0.2) is 6.33 Å². The van der Waals surface area contributed by atoms with Crippen molar-refractivity contribution < 1.29 is 14.3 Å². The Labute approximate surface area is 99.8 Å². The van der Waals surface area contributed by atoms with E-state index in [1.165, 1.54) is 20.5 Å². The fourth-order valence-corrected chi connectivity index (χ4v) is 1.18. The van der Waals surface area contributed by atoms with Gasteiger partial charge in [0.1, 0.15) is 6.33 Å². The summed E-state index contributed by atoms with van der Waals surface area (Å²) in [5.74, 6) is 0.0363. The molecule has 1 heterocycles. The van der Waals surface area contributed by atoms with Crippen LogP contribution in [0.3, 0.4) is 0 Å². The molecule has 1 rings (SSSR count). The maximum atomic E-state index is 11.9. The van der Waals surface area contributed by atoms with Crippen LogP contribution in [0.1, 0.15) is 10.4 Å². The monoisotopic (exact) mass is 240 g/mol. The molecule has 94 valence electrons. The number of methoxy groups -OCH3 is 2. The zero-order chi connectivity index (χ0) is 12.8. The van der Waals surface area contributed by atoms with Crippen molar-refractivity contribution in [2.75, 3.05) is 35.0 Å². The zero-order valence-corrected chi connectivity index (χ0v) is 10.4. The van der Waals surface area contributed by atoms with E-state index in [1.54, 1.807) is 0 Å². The van der Waals surface area contributed by atoms with Crippen LogP contribution in [0.5, 0.6) is 11.8 Å². The molecule has 1 N–H and O–H groups in total. The third-order valence-electron chi connectivity index (χ3n) is 1.95. The molecule has 17 heavy (non-hydrogen) atoms. The Morgan fingerprint density at radius 1 is 1.29 bits per heavy atom. The Hall–Kier alpha value is -1.89. The zero-order valence-electron chi connectivity index (χ0n) is 10.4. The Morgan fingerprint density at radius 3 is 2.24 bits per heavy atom. The van der Waals surface area contributed by atoms with Gasteiger partial charge in [0.25, 0.3) is 5.91 Å². The van der Waals surface area contributed by atoms with Crippen LogP contribution in [-0.4, -0.2) is 55.8 Å². The molecule has 1 aromatic rings. The molecule has 0 saturated carbocycles. The molecule has 0 bridgehead atoms. The van der Waals surface area contributed by atoms with Crippen LogP contribution in [-0.2, 0) is 0 Å². The summed E-state index contributed by atoms with van der Waals surface area (Å²) < 4.78 is 10.0. The van der Waals surface area contributed by atoms with E-state index in [0.29, 0.717) is 6.67 Å². The van der Waals surface area contributed by atoms with Crippen molar-refractivity contribution in [1.82, 2.24) is 20.2 Å². The second-order valence-electron chi connectivity index (χ2n) is 3.51. The van der Waals surface area contributed by atoms with Gasteiger partial charge in [-0.15, -0.1) is 0 Å². The predicted molar refractivity (Wildman–Crippen MR) is 61.2 cm³/mol. The normalized spacial score (nSPS) is 10.2. The first-order chi connectivity index (χ1) is 8.10. The first-order valence-electron chi connectivity index (χ1n) is 4.96. The summed E-state index contributed by atoms with van der Waals surface area (Å²) in [6, 6.07) is 0. The molecule has 0 fully saturated rings. The molecule has 0 aliphatic carbocycles. The number of carbonyl (C=O) groups is 1. The van der Waals surface area contributed by atoms with E-state index in [9.17, 15) is 4.79 Å². The topological polar surface area (TPSA) is 76.6 Å². The molecule has 0 spiro atoms. The molecular formula is C10H16N4O3. The average Bonchev–Trinajstić information content (AvgIpc) is 2.34. The summed E-state index contributed by atoms with van der Waals surface area (Å²) in [4.78, 5) is 21.5. The largest absolute Gasteiger partial charge is 0.480 e. The highest BCUT2D eigenvalue weighted by molar-refractivity contribution is 5.98. The minimum atomic E-state index is -0.340. The van der Waals surface area contributed by atoms with Crippen LogP contribution >= 0.6 is 0 Å². The molecular weight excluding hydrogens is 224 g/mol. The van der Waals surface area contributed by atoms with Crippen LogP contribution in [0.4, 0.5) is 0 Å². The van der Waals surface area contributed by atoms with Gasteiger partial charge in [0.15, 0.2) is 5.56 Å². The molecule has 7 heteroatoms. The van der Waals surface area contributed by atoms with E-state index in [-0.39, 0.29) is 23.2 Å². The lowest BCUT2D eigenvalue weighted by atomic mass is 10.3. The molecule has 0 aliphatic rings. The third kappa shape index (κ3) is 3.28. The predicted octanol–water partition coefficient (Wildman–Crippen LogP) is -0.257. The number of nitrogens with zero attached hydrogens (tertiary/aromatic N) is 3. The second-order valence-corrected chi connectivity index (χ2v) is 3.51. The summed E-state index contributed by atoms with van der Waals surface area (Å²) in [7, 11) is 6.56. The van der Waals surface area contributed by atoms with E-state index >= 15 is 0 Å². The van der Waals surface area contributed by atoms with E-state index in [2.05, 4.69) is 15.3 Å². The average molecular weight is 240 g/mol. The number of amides is 1. The van der Waals surface area contributed by atoms with Gasteiger partial charge >= 0.3 is 0 Å². The smallest absolute Gasteiger partial charge is 0.263 e. The molecule has 7 nitrogen and oxygen atoms in total. The van der Waals surface area contributed by atoms with Gasteiger partial charge in [-0.1, -0.05) is 0 Å². The summed E-state index contributed by atoms with van der Waals surface area (Å²) >= 11 is 0. The summed E-state index contributed by atoms with van der Waals surface area (Å²) in [6.45, 7) is 0.403. The third-order valence-corrected chi connectivity index (χ3v) is 1.95. The second kappa shape index (κ2) is 6.00. The van der Waals surface area contributed by atoms with E-state index < -0.39 is 0 Å². The van der Waals surface area contributed by atoms with Crippen LogP contribution < -0.4 is 14.8 Å². The van der Waals surface area contributed by atoms with Gasteiger partial charge in [-0.05, 0) is 14.1 Å². The number of hydrogen-bond acceptors (Lipinski definition) is 6. The van der Waals surface area contributed by atoms with Crippen molar-refractivity contribution in [1.29, 1.82) is 0 Å². The van der Waals surface area contributed by atoms with Gasteiger partial charge in [0, 0.05) is 0 Å². The first kappa shape index (κ1) is 13.2. The molecule has 0 saturated heterocycles. The number of ether oxygens (including phenoxy) is 2. The number of aromatic nitrogens is 2. The minimum Gasteiger partial charge on any atom is -0.480 e. The molecule has 0 atom stereocenters. The maximum absolute atomic E-state index is 11.9. The Morgan fingerprint density at radius 2 is 1.82 bits per heavy atom. The fourth-order valence-electron chi connectivity index (χ4n) is 1.18. The lowest BCUT2D eigenvalue weighted by Gasteiger charge is -2.13. The Balaban J connectivity index is 2.97. The van der Waals surface area contributed by atoms with Crippen molar-refractivity contribution in [3.63, 3.8) is 0 Å². The van der Waals surface area contributed by atoms with Crippen LogP contribution in [0.2, 0.25) is 0 Å². The maximum Gasteiger partial charge on any atom is 0.263 e. The molecule has 0 aliphatic heterocycles. The van der Waals surface area contributed by atoms with Gasteiger partial charge in [-0.2, -0.15) is 0 Å². The van der Waals surface area contributed by atoms with E-state index in [4.69, 9.17) is 9.47 Å². The number of rotatable bonds is 5. The number of hydrogen-bond donors (Lipinski definition) is 1. The minimum absolute atomic E-state index is 0.188. The quantitative estimate of drug-likeness (QED) is 0.715. The fraction of sp³-hybridized carbons (Fsp3) is 0.500. The molecule has 1 aromatic heterocycles. The van der Waals surface area contributed by atoms with Crippen LogP contribution in [0.25, 0.3) is 0 Å². The highest BCUT2D eigenvalue weighted by atomic mass is 16.5. The van der Waals surface area contributed by atoms with Gasteiger partial charge < -0.3 is 14.8 Å². The van der Waals surface area contributed by atoms with E-state index in [0.717, 1.165) is 0 Å². The summed E-state index contributed by atoms with van der Waals surface area (Å²) in [5, 5.41) is 2.69. The van der Waals surface area contributed by atoms with Gasteiger partial charge in [0.2, 0.25) is 11.8 Å². The van der Waals surface area contributed by atoms with Gasteiger partial charge in [-0.3, -0.25) is 9.69 Å². The molecule has 0 aromatic carbocycles. The van der Waals surface area contributed by atoms with Crippen LogP contribution in [0, 0.1) is 0 Å². The highest BCUT2D eigenvalue weighted by Crippen LogP contribution is 2.22.